The SMILES string of the molecule is CCC1CN(CCc2ccccc2)C2(CCCCC2)CN1. The number of nitrogens with one attached hydrogen (secondary N) is 1. The summed E-state index contributed by atoms with van der Waals surface area (Å²) in [5.74, 6) is 0. The molecular weight excluding hydrogens is 256 g/mol. The molecule has 1 heterocycles. The minimum atomic E-state index is 0.457. The number of nitrogens with zero attached hydrogens (tertiary/aromatic N) is 1. The third kappa shape index (κ3) is 3.49. The standard InChI is InChI=1S/C19H30N2/c1-2-18-15-21(14-11-17-9-5-3-6-10-17)19(16-20-18)12-7-4-8-13-19/h3,5-6,9-10,18,20H,2,4,7-8,11-16H2,1H3. The summed E-state index contributed by atoms with van der Waals surface area (Å²) in [5.41, 5.74) is 1.94. The summed E-state index contributed by atoms with van der Waals surface area (Å²) in [7, 11) is 0. The van der Waals surface area contributed by atoms with Crippen LogP contribution >= 0.6 is 0 Å². The lowest BCUT2D eigenvalue weighted by Crippen LogP contribution is -2.65. The van der Waals surface area contributed by atoms with Gasteiger partial charge in [0.1, 0.15) is 0 Å². The van der Waals surface area contributed by atoms with Crippen molar-refractivity contribution in [1.82, 2.24) is 10.2 Å². The zero-order chi connectivity index (χ0) is 14.5. The Morgan fingerprint density at radius 2 is 1.90 bits per heavy atom. The van der Waals surface area contributed by atoms with Gasteiger partial charge in [-0.1, -0.05) is 56.5 Å². The largest absolute Gasteiger partial charge is 0.311 e. The average molecular weight is 286 g/mol. The Labute approximate surface area is 129 Å². The summed E-state index contributed by atoms with van der Waals surface area (Å²) in [6, 6.07) is 11.7. The summed E-state index contributed by atoms with van der Waals surface area (Å²) >= 11 is 0. The lowest BCUT2D eigenvalue weighted by atomic mass is 9.78. The Bertz CT molecular complexity index is 422. The van der Waals surface area contributed by atoms with Crippen molar-refractivity contribution in [2.24, 2.45) is 0 Å². The summed E-state index contributed by atoms with van der Waals surface area (Å²) in [6.07, 6.45) is 9.50. The molecule has 2 heteroatoms. The molecule has 1 saturated carbocycles. The van der Waals surface area contributed by atoms with E-state index in [2.05, 4.69) is 47.5 Å². The van der Waals surface area contributed by atoms with Gasteiger partial charge in [-0.2, -0.15) is 0 Å². The molecule has 0 radical (unpaired) electrons. The predicted molar refractivity (Wildman–Crippen MR) is 89.6 cm³/mol. The van der Waals surface area contributed by atoms with E-state index in [1.165, 1.54) is 70.1 Å². The van der Waals surface area contributed by atoms with E-state index in [4.69, 9.17) is 0 Å². The van der Waals surface area contributed by atoms with Gasteiger partial charge in [0.2, 0.25) is 0 Å². The van der Waals surface area contributed by atoms with Gasteiger partial charge in [0, 0.05) is 31.2 Å². The molecule has 2 fully saturated rings. The Balaban J connectivity index is 1.67. The topological polar surface area (TPSA) is 15.3 Å². The summed E-state index contributed by atoms with van der Waals surface area (Å²) in [5, 5.41) is 3.82. The number of rotatable bonds is 4. The Kier molecular flexibility index (Phi) is 4.97. The number of hydrogen-bond donors (Lipinski definition) is 1. The second kappa shape index (κ2) is 6.93. The van der Waals surface area contributed by atoms with Crippen LogP contribution in [-0.2, 0) is 6.42 Å². The van der Waals surface area contributed by atoms with Crippen LogP contribution in [0.15, 0.2) is 30.3 Å². The highest BCUT2D eigenvalue weighted by Crippen LogP contribution is 2.35. The molecule has 1 aliphatic heterocycles. The molecule has 116 valence electrons. The van der Waals surface area contributed by atoms with E-state index in [9.17, 15) is 0 Å². The molecular formula is C19H30N2. The van der Waals surface area contributed by atoms with Crippen LogP contribution in [0.4, 0.5) is 0 Å². The van der Waals surface area contributed by atoms with E-state index in [1.807, 2.05) is 0 Å². The molecule has 1 saturated heterocycles. The highest BCUT2D eigenvalue weighted by molar-refractivity contribution is 5.15. The highest BCUT2D eigenvalue weighted by Gasteiger charge is 2.41. The van der Waals surface area contributed by atoms with Crippen molar-refractivity contribution in [3.05, 3.63) is 35.9 Å². The Morgan fingerprint density at radius 1 is 1.14 bits per heavy atom. The molecule has 0 bridgehead atoms. The quantitative estimate of drug-likeness (QED) is 0.909. The van der Waals surface area contributed by atoms with Gasteiger partial charge >= 0.3 is 0 Å². The molecule has 0 amide bonds. The zero-order valence-corrected chi connectivity index (χ0v) is 13.5. The third-order valence-electron chi connectivity index (χ3n) is 5.62. The molecule has 21 heavy (non-hydrogen) atoms. The summed E-state index contributed by atoms with van der Waals surface area (Å²) < 4.78 is 0. The van der Waals surface area contributed by atoms with Crippen LogP contribution in [0.3, 0.4) is 0 Å². The van der Waals surface area contributed by atoms with E-state index in [0.717, 1.165) is 0 Å². The first-order chi connectivity index (χ1) is 10.3. The Morgan fingerprint density at radius 3 is 2.62 bits per heavy atom. The van der Waals surface area contributed by atoms with Gasteiger partial charge in [0.15, 0.2) is 0 Å². The van der Waals surface area contributed by atoms with Gasteiger partial charge < -0.3 is 5.32 Å². The fraction of sp³-hybridized carbons (Fsp3) is 0.684. The number of piperazine rings is 1. The molecule has 1 spiro atoms. The van der Waals surface area contributed by atoms with Crippen molar-refractivity contribution in [3.8, 4) is 0 Å². The van der Waals surface area contributed by atoms with Crippen LogP contribution in [0.1, 0.15) is 51.0 Å². The van der Waals surface area contributed by atoms with Crippen LogP contribution in [0, 0.1) is 0 Å². The maximum Gasteiger partial charge on any atom is 0.0334 e. The van der Waals surface area contributed by atoms with Gasteiger partial charge in [0.05, 0.1) is 0 Å². The first-order valence-electron chi connectivity index (χ1n) is 8.85. The van der Waals surface area contributed by atoms with E-state index in [1.54, 1.807) is 0 Å². The number of hydrogen-bond acceptors (Lipinski definition) is 2. The van der Waals surface area contributed by atoms with Gasteiger partial charge in [0.25, 0.3) is 0 Å². The predicted octanol–water partition coefficient (Wildman–Crippen LogP) is 3.62. The van der Waals surface area contributed by atoms with Gasteiger partial charge in [-0.3, -0.25) is 4.90 Å². The fourth-order valence-corrected chi connectivity index (χ4v) is 4.18. The highest BCUT2D eigenvalue weighted by atomic mass is 15.3. The van der Waals surface area contributed by atoms with Gasteiger partial charge in [-0.05, 0) is 31.2 Å². The molecule has 1 atom stereocenters. The van der Waals surface area contributed by atoms with Crippen LogP contribution in [-0.4, -0.2) is 36.1 Å². The second-order valence-electron chi connectivity index (χ2n) is 6.95. The molecule has 1 N–H and O–H groups in total. The molecule has 1 aromatic rings. The molecule has 1 unspecified atom stereocenters. The monoisotopic (exact) mass is 286 g/mol. The summed E-state index contributed by atoms with van der Waals surface area (Å²) in [4.78, 5) is 2.84. The molecule has 0 aromatic heterocycles. The molecule has 2 aliphatic rings. The minimum Gasteiger partial charge on any atom is -0.311 e. The fourth-order valence-electron chi connectivity index (χ4n) is 4.18. The maximum absolute atomic E-state index is 3.82. The molecule has 2 nitrogen and oxygen atoms in total. The molecule has 3 rings (SSSR count). The van der Waals surface area contributed by atoms with Gasteiger partial charge in [-0.25, -0.2) is 0 Å². The van der Waals surface area contributed by atoms with Crippen molar-refractivity contribution in [2.75, 3.05) is 19.6 Å². The third-order valence-corrected chi connectivity index (χ3v) is 5.62. The second-order valence-corrected chi connectivity index (χ2v) is 6.95. The first kappa shape index (κ1) is 15.1. The number of benzene rings is 1. The molecule has 1 aliphatic carbocycles. The van der Waals surface area contributed by atoms with Crippen molar-refractivity contribution in [1.29, 1.82) is 0 Å². The first-order valence-corrected chi connectivity index (χ1v) is 8.85. The molecule has 1 aromatic carbocycles. The van der Waals surface area contributed by atoms with E-state index >= 15 is 0 Å². The minimum absolute atomic E-state index is 0.457. The smallest absolute Gasteiger partial charge is 0.0334 e. The maximum atomic E-state index is 3.82. The van der Waals surface area contributed by atoms with E-state index in [0.29, 0.717) is 11.6 Å². The van der Waals surface area contributed by atoms with E-state index in [-0.39, 0.29) is 0 Å². The summed E-state index contributed by atoms with van der Waals surface area (Å²) in [6.45, 7) is 5.98. The average Bonchev–Trinajstić information content (AvgIpc) is 2.56. The van der Waals surface area contributed by atoms with Crippen LogP contribution < -0.4 is 5.32 Å². The van der Waals surface area contributed by atoms with Crippen LogP contribution in [0.25, 0.3) is 0 Å². The normalized spacial score (nSPS) is 26.0. The van der Waals surface area contributed by atoms with Gasteiger partial charge in [-0.15, -0.1) is 0 Å². The van der Waals surface area contributed by atoms with Crippen LogP contribution in [0.5, 0.6) is 0 Å². The van der Waals surface area contributed by atoms with Crippen molar-refractivity contribution in [3.63, 3.8) is 0 Å². The lowest BCUT2D eigenvalue weighted by molar-refractivity contribution is 0.0102. The zero-order valence-electron chi connectivity index (χ0n) is 13.5. The van der Waals surface area contributed by atoms with Crippen molar-refractivity contribution in [2.45, 2.75) is 63.5 Å². The van der Waals surface area contributed by atoms with Crippen molar-refractivity contribution < 1.29 is 0 Å². The Hall–Kier alpha value is -0.860. The lowest BCUT2D eigenvalue weighted by Gasteiger charge is -2.52. The van der Waals surface area contributed by atoms with E-state index < -0.39 is 0 Å². The van der Waals surface area contributed by atoms with Crippen LogP contribution in [0.2, 0.25) is 0 Å². The van der Waals surface area contributed by atoms with Crippen molar-refractivity contribution >= 4 is 0 Å².